The zero-order valence-electron chi connectivity index (χ0n) is 10.1. The lowest BCUT2D eigenvalue weighted by Gasteiger charge is -2.09. The molecule has 7 nitrogen and oxygen atoms in total. The van der Waals surface area contributed by atoms with Crippen molar-refractivity contribution < 1.29 is 19.5 Å². The second kappa shape index (κ2) is 7.12. The maximum absolute atomic E-state index is 11.4. The number of nitrogens with one attached hydrogen (secondary N) is 2. The Labute approximate surface area is 109 Å². The van der Waals surface area contributed by atoms with Crippen molar-refractivity contribution >= 4 is 23.9 Å². The Bertz CT molecular complexity index is 459. The van der Waals surface area contributed by atoms with E-state index < -0.39 is 12.0 Å². The lowest BCUT2D eigenvalue weighted by molar-refractivity contribution is -0.138. The topological polar surface area (TPSA) is 122 Å². The summed E-state index contributed by atoms with van der Waals surface area (Å²) in [7, 11) is 0. The summed E-state index contributed by atoms with van der Waals surface area (Å²) in [6, 6.07) is 5.42. The predicted molar refractivity (Wildman–Crippen MR) is 68.4 cm³/mol. The second-order valence-electron chi connectivity index (χ2n) is 3.90. The molecule has 0 saturated carbocycles. The van der Waals surface area contributed by atoms with Crippen LogP contribution in [0.5, 0.6) is 0 Å². The van der Waals surface area contributed by atoms with Crippen molar-refractivity contribution in [1.29, 1.82) is 0 Å². The summed E-state index contributed by atoms with van der Waals surface area (Å²) in [4.78, 5) is 32.3. The molecule has 0 spiro atoms. The van der Waals surface area contributed by atoms with E-state index in [2.05, 4.69) is 10.9 Å². The number of carbonyl (C=O) groups excluding carboxylic acids is 2. The number of amides is 1. The van der Waals surface area contributed by atoms with E-state index >= 15 is 0 Å². The molecule has 0 saturated heterocycles. The van der Waals surface area contributed by atoms with Gasteiger partial charge in [0.25, 0.3) is 0 Å². The zero-order valence-corrected chi connectivity index (χ0v) is 10.1. The van der Waals surface area contributed by atoms with Crippen molar-refractivity contribution in [2.24, 2.45) is 5.73 Å². The van der Waals surface area contributed by atoms with Gasteiger partial charge in [0.15, 0.2) is 0 Å². The summed E-state index contributed by atoms with van der Waals surface area (Å²) in [5.41, 5.74) is 11.5. The molecule has 0 aliphatic heterocycles. The molecule has 0 bridgehead atoms. The minimum Gasteiger partial charge on any atom is -0.480 e. The van der Waals surface area contributed by atoms with Crippen molar-refractivity contribution in [3.05, 3.63) is 29.8 Å². The van der Waals surface area contributed by atoms with E-state index in [1.165, 1.54) is 0 Å². The number of aliphatic carboxylic acids is 1. The molecule has 102 valence electrons. The molecule has 0 aliphatic carbocycles. The molecule has 1 atom stereocenters. The Morgan fingerprint density at radius 1 is 1.32 bits per heavy atom. The molecule has 0 heterocycles. The lowest BCUT2D eigenvalue weighted by Crippen LogP contribution is -2.34. The number of carboxylic acid groups (broad SMARTS) is 1. The molecule has 5 N–H and O–H groups in total. The van der Waals surface area contributed by atoms with Crippen LogP contribution in [0.1, 0.15) is 23.2 Å². The van der Waals surface area contributed by atoms with Gasteiger partial charge >= 0.3 is 5.97 Å². The van der Waals surface area contributed by atoms with Gasteiger partial charge in [-0.3, -0.25) is 25.2 Å². The number of carboxylic acids is 1. The van der Waals surface area contributed by atoms with Crippen LogP contribution < -0.4 is 16.6 Å². The number of carbonyl (C=O) groups is 3. The summed E-state index contributed by atoms with van der Waals surface area (Å²) < 4.78 is 0. The van der Waals surface area contributed by atoms with Crippen LogP contribution in [0.3, 0.4) is 0 Å². The molecule has 1 amide bonds. The highest BCUT2D eigenvalue weighted by Gasteiger charge is 2.13. The Kier molecular flexibility index (Phi) is 5.49. The first-order chi connectivity index (χ1) is 9.02. The van der Waals surface area contributed by atoms with Gasteiger partial charge in [0.05, 0.1) is 5.69 Å². The van der Waals surface area contributed by atoms with Crippen LogP contribution in [-0.4, -0.2) is 29.3 Å². The SMILES string of the molecule is NC(CCC(=O)NNc1ccc(C=O)cc1)C(=O)O. The predicted octanol–water partition coefficient (Wildman–Crippen LogP) is 0.134. The van der Waals surface area contributed by atoms with Gasteiger partial charge in [0.1, 0.15) is 12.3 Å². The number of anilines is 1. The fourth-order valence-corrected chi connectivity index (χ4v) is 1.26. The van der Waals surface area contributed by atoms with Crippen LogP contribution in [-0.2, 0) is 9.59 Å². The molecule has 1 aromatic carbocycles. The fourth-order valence-electron chi connectivity index (χ4n) is 1.26. The number of aldehydes is 1. The van der Waals surface area contributed by atoms with Gasteiger partial charge in [0, 0.05) is 12.0 Å². The summed E-state index contributed by atoms with van der Waals surface area (Å²) in [6.45, 7) is 0. The van der Waals surface area contributed by atoms with E-state index in [0.29, 0.717) is 11.3 Å². The molecule has 1 aromatic rings. The van der Waals surface area contributed by atoms with Crippen LogP contribution in [0.25, 0.3) is 0 Å². The van der Waals surface area contributed by atoms with Crippen molar-refractivity contribution in [3.63, 3.8) is 0 Å². The number of hydrogen-bond donors (Lipinski definition) is 4. The summed E-state index contributed by atoms with van der Waals surface area (Å²) in [5.74, 6) is -1.50. The Morgan fingerprint density at radius 3 is 2.47 bits per heavy atom. The summed E-state index contributed by atoms with van der Waals surface area (Å²) in [6.07, 6.45) is 0.787. The molecule has 7 heteroatoms. The lowest BCUT2D eigenvalue weighted by atomic mass is 10.1. The maximum atomic E-state index is 11.4. The van der Waals surface area contributed by atoms with E-state index in [9.17, 15) is 14.4 Å². The van der Waals surface area contributed by atoms with Crippen molar-refractivity contribution in [1.82, 2.24) is 5.43 Å². The van der Waals surface area contributed by atoms with Crippen LogP contribution in [0.15, 0.2) is 24.3 Å². The summed E-state index contributed by atoms with van der Waals surface area (Å²) in [5, 5.41) is 8.55. The fraction of sp³-hybridized carbons (Fsp3) is 0.250. The number of benzene rings is 1. The minimum atomic E-state index is -1.13. The Hall–Kier alpha value is -2.41. The third-order valence-electron chi connectivity index (χ3n) is 2.39. The van der Waals surface area contributed by atoms with Gasteiger partial charge in [-0.1, -0.05) is 0 Å². The van der Waals surface area contributed by atoms with E-state index in [1.807, 2.05) is 0 Å². The van der Waals surface area contributed by atoms with E-state index in [0.717, 1.165) is 6.29 Å². The first kappa shape index (κ1) is 14.7. The highest BCUT2D eigenvalue weighted by Crippen LogP contribution is 2.06. The Morgan fingerprint density at radius 2 is 1.95 bits per heavy atom. The molecule has 0 radical (unpaired) electrons. The number of hydrogen-bond acceptors (Lipinski definition) is 5. The van der Waals surface area contributed by atoms with Gasteiger partial charge in [-0.05, 0) is 30.7 Å². The second-order valence-corrected chi connectivity index (χ2v) is 3.90. The average molecular weight is 265 g/mol. The number of nitrogens with two attached hydrogens (primary N) is 1. The smallest absolute Gasteiger partial charge is 0.320 e. The molecule has 0 aromatic heterocycles. The molecule has 1 unspecified atom stereocenters. The number of hydrazine groups is 1. The Balaban J connectivity index is 2.33. The van der Waals surface area contributed by atoms with Crippen LogP contribution in [0.4, 0.5) is 5.69 Å². The standard InChI is InChI=1S/C12H15N3O4/c13-10(12(18)19)5-6-11(17)15-14-9-3-1-8(7-16)2-4-9/h1-4,7,10,14H,5-6,13H2,(H,15,17)(H,18,19). The third kappa shape index (κ3) is 5.17. The minimum absolute atomic E-state index is 0.00683. The van der Waals surface area contributed by atoms with Crippen molar-refractivity contribution in [2.75, 3.05) is 5.43 Å². The van der Waals surface area contributed by atoms with E-state index in [-0.39, 0.29) is 18.7 Å². The zero-order chi connectivity index (χ0) is 14.3. The third-order valence-corrected chi connectivity index (χ3v) is 2.39. The molecule has 0 fully saturated rings. The van der Waals surface area contributed by atoms with Gasteiger partial charge in [-0.15, -0.1) is 0 Å². The van der Waals surface area contributed by atoms with Gasteiger partial charge in [0.2, 0.25) is 5.91 Å². The summed E-state index contributed by atoms with van der Waals surface area (Å²) >= 11 is 0. The first-order valence-corrected chi connectivity index (χ1v) is 5.61. The van der Waals surface area contributed by atoms with E-state index in [4.69, 9.17) is 10.8 Å². The van der Waals surface area contributed by atoms with Crippen LogP contribution >= 0.6 is 0 Å². The normalized spacial score (nSPS) is 11.4. The molecule has 0 aliphatic rings. The average Bonchev–Trinajstić information content (AvgIpc) is 2.42. The highest BCUT2D eigenvalue weighted by molar-refractivity contribution is 5.79. The first-order valence-electron chi connectivity index (χ1n) is 5.61. The molecular formula is C12H15N3O4. The van der Waals surface area contributed by atoms with Crippen molar-refractivity contribution in [3.8, 4) is 0 Å². The molecular weight excluding hydrogens is 250 g/mol. The largest absolute Gasteiger partial charge is 0.480 e. The number of rotatable bonds is 7. The highest BCUT2D eigenvalue weighted by atomic mass is 16.4. The maximum Gasteiger partial charge on any atom is 0.320 e. The van der Waals surface area contributed by atoms with Gasteiger partial charge < -0.3 is 10.8 Å². The van der Waals surface area contributed by atoms with Crippen molar-refractivity contribution in [2.45, 2.75) is 18.9 Å². The van der Waals surface area contributed by atoms with E-state index in [1.54, 1.807) is 24.3 Å². The van der Waals surface area contributed by atoms with Gasteiger partial charge in [-0.25, -0.2) is 0 Å². The van der Waals surface area contributed by atoms with Crippen LogP contribution in [0.2, 0.25) is 0 Å². The quantitative estimate of drug-likeness (QED) is 0.411. The molecule has 1 rings (SSSR count). The monoisotopic (exact) mass is 265 g/mol. The van der Waals surface area contributed by atoms with Crippen LogP contribution in [0, 0.1) is 0 Å². The molecule has 19 heavy (non-hydrogen) atoms. The van der Waals surface area contributed by atoms with Gasteiger partial charge in [-0.2, -0.15) is 0 Å².